The SMILES string of the molecule is O=C(NCC1CC=CS1)c1ccc2c(ccn2Cc2ccc(F)cc2F)c1. The molecule has 0 fully saturated rings. The monoisotopic (exact) mass is 384 g/mol. The molecule has 0 bridgehead atoms. The topological polar surface area (TPSA) is 34.0 Å². The van der Waals surface area contributed by atoms with Crippen LogP contribution in [0.4, 0.5) is 8.78 Å². The molecule has 0 radical (unpaired) electrons. The number of nitrogens with zero attached hydrogens (tertiary/aromatic N) is 1. The van der Waals surface area contributed by atoms with Gasteiger partial charge in [0, 0.05) is 46.1 Å². The zero-order valence-electron chi connectivity index (χ0n) is 14.5. The summed E-state index contributed by atoms with van der Waals surface area (Å²) in [7, 11) is 0. The molecule has 0 saturated heterocycles. The Hall–Kier alpha value is -2.60. The van der Waals surface area contributed by atoms with Crippen LogP contribution < -0.4 is 5.32 Å². The van der Waals surface area contributed by atoms with Gasteiger partial charge < -0.3 is 9.88 Å². The molecule has 2 heterocycles. The Labute approximate surface area is 160 Å². The fourth-order valence-electron chi connectivity index (χ4n) is 3.18. The molecule has 27 heavy (non-hydrogen) atoms. The van der Waals surface area contributed by atoms with Crippen molar-refractivity contribution in [2.24, 2.45) is 0 Å². The van der Waals surface area contributed by atoms with Crippen LogP contribution in [-0.4, -0.2) is 22.3 Å². The van der Waals surface area contributed by atoms with Gasteiger partial charge in [0.1, 0.15) is 11.6 Å². The van der Waals surface area contributed by atoms with E-state index in [4.69, 9.17) is 0 Å². The molecule has 0 saturated carbocycles. The van der Waals surface area contributed by atoms with Gasteiger partial charge >= 0.3 is 0 Å². The minimum atomic E-state index is -0.587. The van der Waals surface area contributed by atoms with Gasteiger partial charge in [0.05, 0.1) is 6.54 Å². The van der Waals surface area contributed by atoms with Gasteiger partial charge in [0.2, 0.25) is 0 Å². The van der Waals surface area contributed by atoms with Crippen LogP contribution in [-0.2, 0) is 6.54 Å². The van der Waals surface area contributed by atoms with Crippen molar-refractivity contribution in [3.63, 3.8) is 0 Å². The fourth-order valence-corrected chi connectivity index (χ4v) is 4.03. The molecule has 3 aromatic rings. The molecule has 1 aliphatic rings. The van der Waals surface area contributed by atoms with Crippen molar-refractivity contribution in [2.75, 3.05) is 6.54 Å². The zero-order chi connectivity index (χ0) is 18.8. The molecule has 138 valence electrons. The second kappa shape index (κ2) is 7.56. The first-order valence-corrected chi connectivity index (χ1v) is 9.66. The number of benzene rings is 2. The van der Waals surface area contributed by atoms with Gasteiger partial charge in [0.15, 0.2) is 0 Å². The number of halogens is 2. The number of nitrogens with one attached hydrogen (secondary N) is 1. The van der Waals surface area contributed by atoms with Crippen LogP contribution >= 0.6 is 11.8 Å². The second-order valence-electron chi connectivity index (χ2n) is 6.53. The van der Waals surface area contributed by atoms with Crippen LogP contribution in [0.3, 0.4) is 0 Å². The van der Waals surface area contributed by atoms with Gasteiger partial charge in [-0.3, -0.25) is 4.79 Å². The van der Waals surface area contributed by atoms with E-state index in [1.165, 1.54) is 12.1 Å². The van der Waals surface area contributed by atoms with Crippen LogP contribution in [0.25, 0.3) is 10.9 Å². The fraction of sp³-hybridized carbons (Fsp3) is 0.190. The summed E-state index contributed by atoms with van der Waals surface area (Å²) >= 11 is 1.74. The summed E-state index contributed by atoms with van der Waals surface area (Å²) in [6, 6.07) is 11.0. The van der Waals surface area contributed by atoms with E-state index in [2.05, 4.69) is 16.8 Å². The summed E-state index contributed by atoms with van der Waals surface area (Å²) in [5, 5.41) is 6.35. The predicted molar refractivity (Wildman–Crippen MR) is 105 cm³/mol. The molecule has 2 aromatic carbocycles. The van der Waals surface area contributed by atoms with E-state index in [-0.39, 0.29) is 5.91 Å². The van der Waals surface area contributed by atoms with Gasteiger partial charge in [0.25, 0.3) is 5.91 Å². The third-order valence-corrected chi connectivity index (χ3v) is 5.74. The van der Waals surface area contributed by atoms with Crippen LogP contribution in [0.5, 0.6) is 0 Å². The Kier molecular flexibility index (Phi) is 4.99. The lowest BCUT2D eigenvalue weighted by atomic mass is 10.1. The van der Waals surface area contributed by atoms with Gasteiger partial charge in [-0.25, -0.2) is 8.78 Å². The number of amides is 1. The third-order valence-electron chi connectivity index (χ3n) is 4.65. The summed E-state index contributed by atoms with van der Waals surface area (Å²) in [6.45, 7) is 0.937. The lowest BCUT2D eigenvalue weighted by Gasteiger charge is -2.11. The highest BCUT2D eigenvalue weighted by Crippen LogP contribution is 2.23. The van der Waals surface area contributed by atoms with Gasteiger partial charge in [-0.2, -0.15) is 0 Å². The average molecular weight is 384 g/mol. The van der Waals surface area contributed by atoms with Gasteiger partial charge in [-0.15, -0.1) is 11.8 Å². The molecule has 0 aliphatic carbocycles. The number of hydrogen-bond donors (Lipinski definition) is 1. The normalized spacial score (nSPS) is 16.1. The van der Waals surface area contributed by atoms with Crippen LogP contribution in [0.15, 0.2) is 60.1 Å². The molecule has 1 aliphatic heterocycles. The summed E-state index contributed by atoms with van der Waals surface area (Å²) in [4.78, 5) is 12.4. The van der Waals surface area contributed by atoms with E-state index >= 15 is 0 Å². The number of allylic oxidation sites excluding steroid dienone is 1. The van der Waals surface area contributed by atoms with Crippen molar-refractivity contribution in [3.8, 4) is 0 Å². The molecule has 1 amide bonds. The molecule has 1 unspecified atom stereocenters. The first-order valence-electron chi connectivity index (χ1n) is 8.71. The minimum absolute atomic E-state index is 0.0956. The van der Waals surface area contributed by atoms with Gasteiger partial charge in [-0.05, 0) is 42.2 Å². The number of aromatic nitrogens is 1. The Bertz CT molecular complexity index is 1020. The predicted octanol–water partition coefficient (Wildman–Crippen LogP) is 4.72. The molecule has 6 heteroatoms. The minimum Gasteiger partial charge on any atom is -0.351 e. The van der Waals surface area contributed by atoms with Crippen molar-refractivity contribution >= 4 is 28.6 Å². The molecule has 1 aromatic heterocycles. The largest absolute Gasteiger partial charge is 0.351 e. The van der Waals surface area contributed by atoms with Crippen molar-refractivity contribution in [1.29, 1.82) is 0 Å². The Morgan fingerprint density at radius 3 is 2.85 bits per heavy atom. The summed E-state index contributed by atoms with van der Waals surface area (Å²) in [5.74, 6) is -1.25. The first kappa shape index (κ1) is 17.8. The van der Waals surface area contributed by atoms with Gasteiger partial charge in [-0.1, -0.05) is 12.1 Å². The Morgan fingerprint density at radius 2 is 2.07 bits per heavy atom. The Balaban J connectivity index is 1.50. The molecule has 4 rings (SSSR count). The highest BCUT2D eigenvalue weighted by atomic mass is 32.2. The summed E-state index contributed by atoms with van der Waals surface area (Å²) in [6.07, 6.45) is 4.93. The van der Waals surface area contributed by atoms with E-state index in [0.29, 0.717) is 29.5 Å². The maximum absolute atomic E-state index is 13.9. The number of carbonyl (C=O) groups excluding carboxylic acids is 1. The van der Waals surface area contributed by atoms with Crippen LogP contribution in [0.1, 0.15) is 22.3 Å². The van der Waals surface area contributed by atoms with Crippen molar-refractivity contribution < 1.29 is 13.6 Å². The number of fused-ring (bicyclic) bond motifs is 1. The number of hydrogen-bond acceptors (Lipinski definition) is 2. The second-order valence-corrected chi connectivity index (χ2v) is 7.74. The molecular formula is C21H18F2N2OS. The quantitative estimate of drug-likeness (QED) is 0.691. The first-order chi connectivity index (χ1) is 13.1. The molecule has 3 nitrogen and oxygen atoms in total. The maximum Gasteiger partial charge on any atom is 0.251 e. The van der Waals surface area contributed by atoms with Crippen molar-refractivity contribution in [3.05, 3.63) is 82.9 Å². The number of rotatable bonds is 5. The van der Waals surface area contributed by atoms with E-state index < -0.39 is 11.6 Å². The molecule has 1 N–H and O–H groups in total. The average Bonchev–Trinajstić information content (AvgIpc) is 3.31. The highest BCUT2D eigenvalue weighted by molar-refractivity contribution is 8.03. The summed E-state index contributed by atoms with van der Waals surface area (Å²) in [5.41, 5.74) is 1.91. The molecule has 1 atom stereocenters. The van der Waals surface area contributed by atoms with E-state index in [1.807, 2.05) is 29.0 Å². The smallest absolute Gasteiger partial charge is 0.251 e. The molecular weight excluding hydrogens is 366 g/mol. The zero-order valence-corrected chi connectivity index (χ0v) is 15.3. The standard InChI is InChI=1S/C21H18F2N2OS/c22-17-5-3-16(19(23)11-17)13-25-8-7-14-10-15(4-6-20(14)25)21(26)24-12-18-2-1-9-27-18/h1,3-11,18H,2,12-13H2,(H,24,26). The third kappa shape index (κ3) is 3.90. The van der Waals surface area contributed by atoms with E-state index in [9.17, 15) is 13.6 Å². The van der Waals surface area contributed by atoms with Crippen molar-refractivity contribution in [2.45, 2.75) is 18.2 Å². The maximum atomic E-state index is 13.9. The van der Waals surface area contributed by atoms with Crippen LogP contribution in [0, 0.1) is 11.6 Å². The van der Waals surface area contributed by atoms with E-state index in [1.54, 1.807) is 17.8 Å². The summed E-state index contributed by atoms with van der Waals surface area (Å²) < 4.78 is 28.9. The molecule has 0 spiro atoms. The number of thioether (sulfide) groups is 1. The van der Waals surface area contributed by atoms with Crippen molar-refractivity contribution in [1.82, 2.24) is 9.88 Å². The lowest BCUT2D eigenvalue weighted by molar-refractivity contribution is 0.0954. The van der Waals surface area contributed by atoms with E-state index in [0.717, 1.165) is 23.4 Å². The Morgan fingerprint density at radius 1 is 1.19 bits per heavy atom. The lowest BCUT2D eigenvalue weighted by Crippen LogP contribution is -2.29. The highest BCUT2D eigenvalue weighted by Gasteiger charge is 2.14. The van der Waals surface area contributed by atoms with Crippen LogP contribution in [0.2, 0.25) is 0 Å². The number of carbonyl (C=O) groups is 1.